The molecule has 0 unspecified atom stereocenters. The van der Waals surface area contributed by atoms with E-state index in [1.807, 2.05) is 0 Å². The molecule has 19 heavy (non-hydrogen) atoms. The van der Waals surface area contributed by atoms with Gasteiger partial charge in [-0.3, -0.25) is 10.1 Å². The van der Waals surface area contributed by atoms with Gasteiger partial charge in [0.25, 0.3) is 9.05 Å². The van der Waals surface area contributed by atoms with Crippen molar-refractivity contribution in [3.8, 4) is 5.88 Å². The van der Waals surface area contributed by atoms with Gasteiger partial charge in [-0.25, -0.2) is 13.4 Å². The molecule has 1 heterocycles. The van der Waals surface area contributed by atoms with Crippen LogP contribution in [-0.2, 0) is 9.05 Å². The third kappa shape index (κ3) is 4.04. The molecule has 1 aromatic rings. The van der Waals surface area contributed by atoms with E-state index in [1.54, 1.807) is 0 Å². The highest BCUT2D eigenvalue weighted by Crippen LogP contribution is 2.36. The highest BCUT2D eigenvalue weighted by Gasteiger charge is 2.37. The summed E-state index contributed by atoms with van der Waals surface area (Å²) >= 11 is 1.11. The Morgan fingerprint density at radius 1 is 1.47 bits per heavy atom. The number of hydrogen-bond donors (Lipinski definition) is 0. The second kappa shape index (κ2) is 5.24. The first kappa shape index (κ1) is 16.2. The van der Waals surface area contributed by atoms with Crippen molar-refractivity contribution in [2.45, 2.75) is 11.3 Å². The van der Waals surface area contributed by atoms with Gasteiger partial charge in [-0.1, -0.05) is 0 Å². The lowest BCUT2D eigenvalue weighted by Gasteiger charge is -2.10. The molecule has 7 nitrogen and oxygen atoms in total. The zero-order chi connectivity index (χ0) is 15.0. The molecule has 0 atom stereocenters. The van der Waals surface area contributed by atoms with Gasteiger partial charge in [0.05, 0.1) is 4.92 Å². The molecule has 0 saturated heterocycles. The van der Waals surface area contributed by atoms with E-state index in [2.05, 4.69) is 9.72 Å². The van der Waals surface area contributed by atoms with Gasteiger partial charge in [-0.15, -0.1) is 13.2 Å². The molecular weight excluding hydrogens is 431 g/mol. The highest BCUT2D eigenvalue weighted by molar-refractivity contribution is 14.1. The summed E-state index contributed by atoms with van der Waals surface area (Å²) in [5.41, 5.74) is -1.05. The van der Waals surface area contributed by atoms with Crippen molar-refractivity contribution >= 4 is 48.0 Å². The predicted octanol–water partition coefficient (Wildman–Crippen LogP) is 2.42. The third-order valence-electron chi connectivity index (χ3n) is 1.58. The number of aromatic nitrogens is 1. The fraction of sp³-hybridized carbons (Fsp3) is 0.167. The number of nitrogens with zero attached hydrogens (tertiary/aromatic N) is 2. The molecule has 0 bridgehead atoms. The minimum absolute atomic E-state index is 0.318. The summed E-state index contributed by atoms with van der Waals surface area (Å²) in [5, 5.41) is 10.6. The summed E-state index contributed by atoms with van der Waals surface area (Å²) in [6.07, 6.45) is -4.81. The van der Waals surface area contributed by atoms with Crippen LogP contribution >= 0.6 is 33.3 Å². The summed E-state index contributed by atoms with van der Waals surface area (Å²) in [6.45, 7) is 0. The van der Waals surface area contributed by atoms with Gasteiger partial charge in [-0.2, -0.15) is 0 Å². The van der Waals surface area contributed by atoms with Gasteiger partial charge in [0, 0.05) is 10.7 Å². The minimum Gasteiger partial charge on any atom is -0.387 e. The Hall–Kier alpha value is -0.890. The number of rotatable bonds is 3. The van der Waals surface area contributed by atoms with Gasteiger partial charge < -0.3 is 4.74 Å². The lowest BCUT2D eigenvalue weighted by molar-refractivity contribution is -0.388. The van der Waals surface area contributed by atoms with Crippen LogP contribution in [0.2, 0.25) is 0 Å². The van der Waals surface area contributed by atoms with E-state index in [0.29, 0.717) is 6.20 Å². The fourth-order valence-electron chi connectivity index (χ4n) is 0.987. The van der Waals surface area contributed by atoms with Crippen LogP contribution in [0.1, 0.15) is 0 Å². The maximum Gasteiger partial charge on any atom is 0.574 e. The van der Waals surface area contributed by atoms with Crippen molar-refractivity contribution < 1.29 is 31.2 Å². The van der Waals surface area contributed by atoms with Crippen molar-refractivity contribution in [1.29, 1.82) is 0 Å². The fourth-order valence-corrected chi connectivity index (χ4v) is 3.92. The van der Waals surface area contributed by atoms with E-state index in [-0.39, 0.29) is 0 Å². The Kier molecular flexibility index (Phi) is 4.46. The zero-order valence-corrected chi connectivity index (χ0v) is 12.0. The summed E-state index contributed by atoms with van der Waals surface area (Å²) in [5.74, 6) is -1.14. The number of nitro groups is 1. The first-order valence-electron chi connectivity index (χ1n) is 3.97. The van der Waals surface area contributed by atoms with Crippen LogP contribution in [0.15, 0.2) is 11.1 Å². The van der Waals surface area contributed by atoms with Crippen molar-refractivity contribution in [1.82, 2.24) is 4.98 Å². The molecule has 0 saturated carbocycles. The first-order valence-corrected chi connectivity index (χ1v) is 7.35. The van der Waals surface area contributed by atoms with E-state index in [4.69, 9.17) is 10.7 Å². The second-order valence-electron chi connectivity index (χ2n) is 2.83. The van der Waals surface area contributed by atoms with E-state index in [0.717, 1.165) is 22.6 Å². The summed E-state index contributed by atoms with van der Waals surface area (Å²) in [4.78, 5) is 11.4. The van der Waals surface area contributed by atoms with E-state index >= 15 is 0 Å². The number of alkyl halides is 3. The van der Waals surface area contributed by atoms with Crippen molar-refractivity contribution in [2.75, 3.05) is 0 Å². The van der Waals surface area contributed by atoms with Crippen molar-refractivity contribution in [3.05, 3.63) is 19.9 Å². The number of halogens is 5. The van der Waals surface area contributed by atoms with Crippen LogP contribution in [0.4, 0.5) is 18.9 Å². The lowest BCUT2D eigenvalue weighted by Crippen LogP contribution is -2.19. The Labute approximate surface area is 121 Å². The summed E-state index contributed by atoms with van der Waals surface area (Å²) in [6, 6.07) is 0. The average molecular weight is 433 g/mol. The van der Waals surface area contributed by atoms with Crippen LogP contribution in [-0.4, -0.2) is 24.7 Å². The van der Waals surface area contributed by atoms with Gasteiger partial charge in [0.15, 0.2) is 4.90 Å². The molecule has 0 spiro atoms. The molecule has 0 aliphatic heterocycles. The molecule has 1 aromatic heterocycles. The maximum absolute atomic E-state index is 12.0. The molecular formula is C6HClF3IN2O5S. The quantitative estimate of drug-likeness (QED) is 0.315. The number of ether oxygens (including phenoxy) is 1. The maximum atomic E-state index is 12.0. The Morgan fingerprint density at radius 2 is 2.00 bits per heavy atom. The normalized spacial score (nSPS) is 12.3. The van der Waals surface area contributed by atoms with Gasteiger partial charge >= 0.3 is 12.0 Å². The SMILES string of the molecule is O=[N+]([O-])c1cnc(OC(F)(F)F)c(I)c1S(=O)(=O)Cl. The zero-order valence-electron chi connectivity index (χ0n) is 8.31. The molecule has 13 heteroatoms. The Morgan fingerprint density at radius 3 is 2.37 bits per heavy atom. The number of pyridine rings is 1. The number of hydrogen-bond acceptors (Lipinski definition) is 6. The molecule has 0 aliphatic rings. The molecule has 106 valence electrons. The van der Waals surface area contributed by atoms with Crippen LogP contribution in [0, 0.1) is 13.7 Å². The van der Waals surface area contributed by atoms with Crippen molar-refractivity contribution in [3.63, 3.8) is 0 Å². The lowest BCUT2D eigenvalue weighted by atomic mass is 10.4. The smallest absolute Gasteiger partial charge is 0.387 e. The average Bonchev–Trinajstić information content (AvgIpc) is 2.16. The van der Waals surface area contributed by atoms with Crippen molar-refractivity contribution in [2.24, 2.45) is 0 Å². The van der Waals surface area contributed by atoms with Gasteiger partial charge in [0.2, 0.25) is 5.88 Å². The summed E-state index contributed by atoms with van der Waals surface area (Å²) in [7, 11) is 0.303. The minimum atomic E-state index is -5.13. The van der Waals surface area contributed by atoms with Gasteiger partial charge in [-0.05, 0) is 22.6 Å². The van der Waals surface area contributed by atoms with Crippen LogP contribution < -0.4 is 4.74 Å². The first-order chi connectivity index (χ1) is 8.43. The Balaban J connectivity index is 3.56. The second-order valence-corrected chi connectivity index (χ2v) is 6.42. The van der Waals surface area contributed by atoms with E-state index in [9.17, 15) is 31.7 Å². The topological polar surface area (TPSA) is 99.4 Å². The molecule has 1 rings (SSSR count). The standard InChI is InChI=1S/C6HClF3IN2O5S/c7-19(16,17)4-2(13(14)15)1-12-5(3(4)11)18-6(8,9)10/h1H. The molecule has 0 radical (unpaired) electrons. The third-order valence-corrected chi connectivity index (χ3v) is 4.31. The molecule has 0 aromatic carbocycles. The molecule has 0 N–H and O–H groups in total. The Bertz CT molecular complexity index is 634. The van der Waals surface area contributed by atoms with E-state index < -0.39 is 40.4 Å². The molecule has 0 amide bonds. The largest absolute Gasteiger partial charge is 0.574 e. The molecule has 0 fully saturated rings. The van der Waals surface area contributed by atoms with Gasteiger partial charge in [0.1, 0.15) is 9.77 Å². The predicted molar refractivity (Wildman–Crippen MR) is 63.3 cm³/mol. The monoisotopic (exact) mass is 432 g/mol. The van der Waals surface area contributed by atoms with Crippen LogP contribution in [0.25, 0.3) is 0 Å². The van der Waals surface area contributed by atoms with E-state index in [1.165, 1.54) is 0 Å². The highest BCUT2D eigenvalue weighted by atomic mass is 127. The molecule has 0 aliphatic carbocycles. The summed E-state index contributed by atoms with van der Waals surface area (Å²) < 4.78 is 61.2. The van der Waals surface area contributed by atoms with Crippen LogP contribution in [0.3, 0.4) is 0 Å². The van der Waals surface area contributed by atoms with Crippen LogP contribution in [0.5, 0.6) is 5.88 Å².